The van der Waals surface area contributed by atoms with Crippen molar-refractivity contribution in [3.8, 4) is 0 Å². The summed E-state index contributed by atoms with van der Waals surface area (Å²) in [5.74, 6) is -0.293. The molecule has 0 aliphatic heterocycles. The molecule has 0 aliphatic rings. The van der Waals surface area contributed by atoms with Gasteiger partial charge in [-0.3, -0.25) is 4.98 Å². The number of hydrogen-bond acceptors (Lipinski definition) is 2. The summed E-state index contributed by atoms with van der Waals surface area (Å²) in [7, 11) is 0. The van der Waals surface area contributed by atoms with E-state index >= 15 is 0 Å². The van der Waals surface area contributed by atoms with E-state index < -0.39 is 5.54 Å². The highest BCUT2D eigenvalue weighted by Gasteiger charge is 2.26. The van der Waals surface area contributed by atoms with Gasteiger partial charge in [0.1, 0.15) is 5.82 Å². The second kappa shape index (κ2) is 4.26. The number of aromatic nitrogens is 1. The molecule has 1 aromatic heterocycles. The molecule has 3 heteroatoms. The zero-order valence-corrected chi connectivity index (χ0v) is 9.94. The largest absolute Gasteiger partial charge is 0.318 e. The zero-order chi connectivity index (χ0) is 12.5. The van der Waals surface area contributed by atoms with Crippen LogP contribution in [-0.4, -0.2) is 4.98 Å². The van der Waals surface area contributed by atoms with E-state index in [1.165, 1.54) is 6.07 Å². The molecule has 1 unspecified atom stereocenters. The Hall–Kier alpha value is -1.74. The monoisotopic (exact) mass is 230 g/mol. The Morgan fingerprint density at radius 3 is 2.59 bits per heavy atom. The van der Waals surface area contributed by atoms with E-state index in [9.17, 15) is 4.39 Å². The van der Waals surface area contributed by atoms with Crippen LogP contribution < -0.4 is 5.73 Å². The van der Waals surface area contributed by atoms with Crippen molar-refractivity contribution in [2.24, 2.45) is 5.73 Å². The molecule has 0 amide bonds. The Balaban J connectivity index is 2.53. The minimum absolute atomic E-state index is 0.293. The van der Waals surface area contributed by atoms with Gasteiger partial charge in [0, 0.05) is 18.0 Å². The Bertz CT molecular complexity index is 535. The lowest BCUT2D eigenvalue weighted by atomic mass is 9.86. The fourth-order valence-corrected chi connectivity index (χ4v) is 1.88. The number of halogens is 1. The van der Waals surface area contributed by atoms with Crippen molar-refractivity contribution < 1.29 is 4.39 Å². The number of aryl methyl sites for hydroxylation is 1. The zero-order valence-electron chi connectivity index (χ0n) is 9.94. The highest BCUT2D eigenvalue weighted by molar-refractivity contribution is 5.37. The number of pyridine rings is 1. The molecule has 1 atom stereocenters. The Morgan fingerprint density at radius 1 is 1.24 bits per heavy atom. The lowest BCUT2D eigenvalue weighted by molar-refractivity contribution is 0.529. The first-order valence-corrected chi connectivity index (χ1v) is 5.48. The third-order valence-corrected chi connectivity index (χ3v) is 2.91. The van der Waals surface area contributed by atoms with Gasteiger partial charge < -0.3 is 5.73 Å². The minimum atomic E-state index is -0.871. The first-order valence-electron chi connectivity index (χ1n) is 5.48. The maximum absolute atomic E-state index is 13.8. The summed E-state index contributed by atoms with van der Waals surface area (Å²) >= 11 is 0. The van der Waals surface area contributed by atoms with E-state index in [1.54, 1.807) is 37.5 Å². The molecule has 1 heterocycles. The third kappa shape index (κ3) is 2.19. The van der Waals surface area contributed by atoms with Gasteiger partial charge in [-0.25, -0.2) is 4.39 Å². The van der Waals surface area contributed by atoms with Crippen molar-refractivity contribution in [2.75, 3.05) is 0 Å². The van der Waals surface area contributed by atoms with Crippen LogP contribution in [0.1, 0.15) is 23.6 Å². The van der Waals surface area contributed by atoms with Crippen LogP contribution in [0.25, 0.3) is 0 Å². The predicted molar refractivity (Wildman–Crippen MR) is 66.0 cm³/mol. The topological polar surface area (TPSA) is 38.9 Å². The molecular weight excluding hydrogens is 215 g/mol. The summed E-state index contributed by atoms with van der Waals surface area (Å²) in [5, 5.41) is 0. The van der Waals surface area contributed by atoms with Crippen LogP contribution in [0.2, 0.25) is 0 Å². The van der Waals surface area contributed by atoms with E-state index in [0.717, 1.165) is 11.1 Å². The van der Waals surface area contributed by atoms with Crippen LogP contribution >= 0.6 is 0 Å². The van der Waals surface area contributed by atoms with E-state index in [4.69, 9.17) is 5.73 Å². The smallest absolute Gasteiger partial charge is 0.128 e. The second-order valence-electron chi connectivity index (χ2n) is 4.43. The van der Waals surface area contributed by atoms with E-state index in [-0.39, 0.29) is 5.82 Å². The maximum Gasteiger partial charge on any atom is 0.128 e. The molecule has 0 aliphatic carbocycles. The average molecular weight is 230 g/mol. The highest BCUT2D eigenvalue weighted by atomic mass is 19.1. The van der Waals surface area contributed by atoms with Crippen molar-refractivity contribution in [3.63, 3.8) is 0 Å². The number of nitrogens with two attached hydrogens (primary N) is 1. The second-order valence-corrected chi connectivity index (χ2v) is 4.43. The van der Waals surface area contributed by atoms with Gasteiger partial charge in [0.25, 0.3) is 0 Å². The molecule has 1 aromatic carbocycles. The molecule has 2 aromatic rings. The van der Waals surface area contributed by atoms with Crippen molar-refractivity contribution in [1.82, 2.24) is 4.98 Å². The van der Waals surface area contributed by atoms with E-state index in [1.807, 2.05) is 13.0 Å². The molecule has 0 saturated carbocycles. The van der Waals surface area contributed by atoms with Gasteiger partial charge in [-0.05, 0) is 31.0 Å². The molecule has 0 fully saturated rings. The van der Waals surface area contributed by atoms with Crippen LogP contribution in [0, 0.1) is 12.7 Å². The molecule has 0 saturated heterocycles. The first-order chi connectivity index (χ1) is 8.01. The average Bonchev–Trinajstić information content (AvgIpc) is 2.29. The normalized spacial score (nSPS) is 14.4. The SMILES string of the molecule is Cc1cncc(C(C)(N)c2ccccc2F)c1. The van der Waals surface area contributed by atoms with Crippen LogP contribution in [0.3, 0.4) is 0 Å². The number of hydrogen-bond donors (Lipinski definition) is 1. The van der Waals surface area contributed by atoms with Crippen molar-refractivity contribution >= 4 is 0 Å². The molecule has 0 radical (unpaired) electrons. The molecule has 2 N–H and O–H groups in total. The Kier molecular flexibility index (Phi) is 2.94. The van der Waals surface area contributed by atoms with Gasteiger partial charge in [0.05, 0.1) is 5.54 Å². The van der Waals surface area contributed by atoms with Gasteiger partial charge in [-0.1, -0.05) is 24.3 Å². The summed E-state index contributed by atoms with van der Waals surface area (Å²) in [6.45, 7) is 3.73. The number of benzene rings is 1. The molecule has 88 valence electrons. The molecule has 17 heavy (non-hydrogen) atoms. The molecule has 2 nitrogen and oxygen atoms in total. The summed E-state index contributed by atoms with van der Waals surface area (Å²) in [6, 6.07) is 8.50. The predicted octanol–water partition coefficient (Wildman–Crippen LogP) is 2.75. The van der Waals surface area contributed by atoms with Crippen LogP contribution in [0.5, 0.6) is 0 Å². The summed E-state index contributed by atoms with van der Waals surface area (Å²) in [5.41, 5.74) is 7.68. The van der Waals surface area contributed by atoms with Crippen LogP contribution in [-0.2, 0) is 5.54 Å². The Labute approximate surface area is 100 Å². The minimum Gasteiger partial charge on any atom is -0.318 e. The van der Waals surface area contributed by atoms with Crippen molar-refractivity contribution in [2.45, 2.75) is 19.4 Å². The van der Waals surface area contributed by atoms with E-state index in [2.05, 4.69) is 4.98 Å². The van der Waals surface area contributed by atoms with Crippen LogP contribution in [0.15, 0.2) is 42.7 Å². The quantitative estimate of drug-likeness (QED) is 0.861. The van der Waals surface area contributed by atoms with Gasteiger partial charge in [0.2, 0.25) is 0 Å². The van der Waals surface area contributed by atoms with E-state index in [0.29, 0.717) is 5.56 Å². The summed E-state index contributed by atoms with van der Waals surface area (Å²) < 4.78 is 13.8. The third-order valence-electron chi connectivity index (χ3n) is 2.91. The number of nitrogens with zero attached hydrogens (tertiary/aromatic N) is 1. The summed E-state index contributed by atoms with van der Waals surface area (Å²) in [4.78, 5) is 4.10. The van der Waals surface area contributed by atoms with Gasteiger partial charge >= 0.3 is 0 Å². The fraction of sp³-hybridized carbons (Fsp3) is 0.214. The van der Waals surface area contributed by atoms with Crippen LogP contribution in [0.4, 0.5) is 4.39 Å². The lowest BCUT2D eigenvalue weighted by Gasteiger charge is -2.26. The standard InChI is InChI=1S/C14H15FN2/c1-10-7-11(9-17-8-10)14(2,16)12-5-3-4-6-13(12)15/h3-9H,16H2,1-2H3. The lowest BCUT2D eigenvalue weighted by Crippen LogP contribution is -2.35. The molecule has 2 rings (SSSR count). The van der Waals surface area contributed by atoms with Crippen molar-refractivity contribution in [3.05, 3.63) is 65.2 Å². The van der Waals surface area contributed by atoms with Gasteiger partial charge in [-0.15, -0.1) is 0 Å². The van der Waals surface area contributed by atoms with Crippen molar-refractivity contribution in [1.29, 1.82) is 0 Å². The Morgan fingerprint density at radius 2 is 1.94 bits per heavy atom. The highest BCUT2D eigenvalue weighted by Crippen LogP contribution is 2.28. The maximum atomic E-state index is 13.8. The molecule has 0 bridgehead atoms. The van der Waals surface area contributed by atoms with Gasteiger partial charge in [-0.2, -0.15) is 0 Å². The summed E-state index contributed by atoms with van der Waals surface area (Å²) in [6.07, 6.45) is 3.43. The fourth-order valence-electron chi connectivity index (χ4n) is 1.88. The first kappa shape index (κ1) is 11.7. The molecular formula is C14H15FN2. The molecule has 0 spiro atoms. The number of rotatable bonds is 2. The van der Waals surface area contributed by atoms with Gasteiger partial charge in [0.15, 0.2) is 0 Å².